The first-order valence-electron chi connectivity index (χ1n) is 6.87. The first-order chi connectivity index (χ1) is 9.46. The SMILES string of the molecule is CC1(C)CC(O)(C(=O)COCNNC(N)=O)CC(C)(C)N1. The van der Waals surface area contributed by atoms with Gasteiger partial charge >= 0.3 is 6.03 Å². The molecule has 1 fully saturated rings. The lowest BCUT2D eigenvalue weighted by Gasteiger charge is -2.49. The standard InChI is InChI=1S/C13H26N4O4/c1-11(2)6-13(20,7-12(3,4)17-11)9(18)5-21-8-15-16-10(14)19/h15,17,20H,5-8H2,1-4H3,(H3,14,16,19). The summed E-state index contributed by atoms with van der Waals surface area (Å²) in [5, 5.41) is 14.1. The van der Waals surface area contributed by atoms with Crippen LogP contribution in [0.1, 0.15) is 40.5 Å². The van der Waals surface area contributed by atoms with Crippen molar-refractivity contribution in [2.24, 2.45) is 5.73 Å². The number of urea groups is 1. The number of hydrogen-bond acceptors (Lipinski definition) is 6. The van der Waals surface area contributed by atoms with Crippen LogP contribution >= 0.6 is 0 Å². The van der Waals surface area contributed by atoms with Crippen molar-refractivity contribution in [1.82, 2.24) is 16.2 Å². The fourth-order valence-electron chi connectivity index (χ4n) is 3.18. The minimum absolute atomic E-state index is 0.0736. The number of ether oxygens (including phenoxy) is 1. The van der Waals surface area contributed by atoms with Crippen molar-refractivity contribution in [2.45, 2.75) is 57.2 Å². The number of hydrazine groups is 1. The highest BCUT2D eigenvalue weighted by Gasteiger charge is 2.49. The normalized spacial score (nSPS) is 22.5. The molecular formula is C13H26N4O4. The zero-order chi connectivity index (χ0) is 16.3. The highest BCUT2D eigenvalue weighted by molar-refractivity contribution is 5.88. The number of carbonyl (C=O) groups excluding carboxylic acids is 2. The predicted octanol–water partition coefficient (Wildman–Crippen LogP) is -0.626. The summed E-state index contributed by atoms with van der Waals surface area (Å²) in [5.74, 6) is -0.369. The second-order valence-corrected chi connectivity index (χ2v) is 6.86. The van der Waals surface area contributed by atoms with Crippen molar-refractivity contribution >= 4 is 11.8 Å². The molecule has 1 aliphatic rings. The van der Waals surface area contributed by atoms with E-state index >= 15 is 0 Å². The first kappa shape index (κ1) is 17.8. The molecule has 6 N–H and O–H groups in total. The summed E-state index contributed by atoms with van der Waals surface area (Å²) in [4.78, 5) is 22.7. The number of Topliss-reactive ketones (excluding diaryl/α,β-unsaturated/α-hetero) is 1. The Hall–Kier alpha value is -1.22. The van der Waals surface area contributed by atoms with Crippen molar-refractivity contribution < 1.29 is 19.4 Å². The molecule has 0 atom stereocenters. The fourth-order valence-corrected chi connectivity index (χ4v) is 3.18. The second-order valence-electron chi connectivity index (χ2n) is 6.86. The van der Waals surface area contributed by atoms with Gasteiger partial charge in [-0.05, 0) is 27.7 Å². The fraction of sp³-hybridized carbons (Fsp3) is 0.846. The van der Waals surface area contributed by atoms with E-state index in [4.69, 9.17) is 10.5 Å². The van der Waals surface area contributed by atoms with Gasteiger partial charge in [-0.2, -0.15) is 0 Å². The molecule has 1 heterocycles. The molecule has 8 heteroatoms. The summed E-state index contributed by atoms with van der Waals surface area (Å²) in [6.07, 6.45) is 0.636. The van der Waals surface area contributed by atoms with Crippen molar-refractivity contribution in [3.63, 3.8) is 0 Å². The number of primary amides is 1. The topological polar surface area (TPSA) is 126 Å². The van der Waals surface area contributed by atoms with Crippen LogP contribution in [0, 0.1) is 0 Å². The van der Waals surface area contributed by atoms with Gasteiger partial charge in [0.15, 0.2) is 5.78 Å². The Balaban J connectivity index is 2.53. The molecule has 21 heavy (non-hydrogen) atoms. The van der Waals surface area contributed by atoms with Crippen molar-refractivity contribution in [2.75, 3.05) is 13.3 Å². The molecule has 1 aliphatic heterocycles. The van der Waals surface area contributed by atoms with Gasteiger partial charge in [-0.1, -0.05) is 0 Å². The Labute approximate surface area is 124 Å². The van der Waals surface area contributed by atoms with Crippen molar-refractivity contribution in [3.05, 3.63) is 0 Å². The van der Waals surface area contributed by atoms with Crippen molar-refractivity contribution in [1.29, 1.82) is 0 Å². The summed E-state index contributed by atoms with van der Waals surface area (Å²) >= 11 is 0. The minimum Gasteiger partial charge on any atom is -0.382 e. The maximum atomic E-state index is 12.2. The van der Waals surface area contributed by atoms with Crippen LogP contribution in [0.2, 0.25) is 0 Å². The van der Waals surface area contributed by atoms with Gasteiger partial charge in [-0.3, -0.25) is 10.2 Å². The van der Waals surface area contributed by atoms with Crippen LogP contribution in [-0.2, 0) is 9.53 Å². The van der Waals surface area contributed by atoms with Crippen LogP contribution in [0.25, 0.3) is 0 Å². The van der Waals surface area contributed by atoms with E-state index in [0.717, 1.165) is 0 Å². The molecule has 0 spiro atoms. The van der Waals surface area contributed by atoms with E-state index in [1.54, 1.807) is 0 Å². The smallest absolute Gasteiger partial charge is 0.326 e. The van der Waals surface area contributed by atoms with Gasteiger partial charge < -0.3 is 20.9 Å². The highest BCUT2D eigenvalue weighted by Crippen LogP contribution is 2.36. The van der Waals surface area contributed by atoms with Gasteiger partial charge in [-0.25, -0.2) is 10.2 Å². The Kier molecular flexibility index (Phi) is 5.32. The zero-order valence-electron chi connectivity index (χ0n) is 13.1. The summed E-state index contributed by atoms with van der Waals surface area (Å²) in [6, 6.07) is -0.745. The highest BCUT2D eigenvalue weighted by atomic mass is 16.5. The van der Waals surface area contributed by atoms with Gasteiger partial charge in [0, 0.05) is 23.9 Å². The van der Waals surface area contributed by atoms with E-state index in [9.17, 15) is 14.7 Å². The Morgan fingerprint density at radius 3 is 2.24 bits per heavy atom. The lowest BCUT2D eigenvalue weighted by Crippen LogP contribution is -2.66. The third kappa shape index (κ3) is 5.58. The molecule has 2 amide bonds. The molecule has 0 aliphatic carbocycles. The number of carbonyl (C=O) groups is 2. The van der Waals surface area contributed by atoms with Gasteiger partial charge in [-0.15, -0.1) is 0 Å². The average molecular weight is 302 g/mol. The molecule has 8 nitrogen and oxygen atoms in total. The first-order valence-corrected chi connectivity index (χ1v) is 6.87. The number of nitrogens with two attached hydrogens (primary N) is 1. The van der Waals surface area contributed by atoms with Crippen LogP contribution in [0.4, 0.5) is 4.79 Å². The van der Waals surface area contributed by atoms with Crippen molar-refractivity contribution in [3.8, 4) is 0 Å². The molecule has 1 saturated heterocycles. The molecule has 1 rings (SSSR count). The summed E-state index contributed by atoms with van der Waals surface area (Å²) in [7, 11) is 0. The third-order valence-corrected chi connectivity index (χ3v) is 3.28. The number of amides is 2. The van der Waals surface area contributed by atoms with E-state index < -0.39 is 11.6 Å². The molecule has 0 bridgehead atoms. The molecular weight excluding hydrogens is 276 g/mol. The van der Waals surface area contributed by atoms with Crippen LogP contribution in [0.15, 0.2) is 0 Å². The van der Waals surface area contributed by atoms with E-state index in [2.05, 4.69) is 16.2 Å². The summed E-state index contributed by atoms with van der Waals surface area (Å²) in [6.45, 7) is 7.49. The van der Waals surface area contributed by atoms with E-state index in [0.29, 0.717) is 12.8 Å². The van der Waals surface area contributed by atoms with E-state index in [1.165, 1.54) is 0 Å². The molecule has 0 aromatic rings. The number of hydrogen-bond donors (Lipinski definition) is 5. The quantitative estimate of drug-likeness (QED) is 0.253. The Bertz CT molecular complexity index is 393. The van der Waals surface area contributed by atoms with Gasteiger partial charge in [0.25, 0.3) is 0 Å². The largest absolute Gasteiger partial charge is 0.382 e. The van der Waals surface area contributed by atoms with Crippen LogP contribution in [0.3, 0.4) is 0 Å². The van der Waals surface area contributed by atoms with E-state index in [1.807, 2.05) is 27.7 Å². The third-order valence-electron chi connectivity index (χ3n) is 3.28. The Morgan fingerprint density at radius 2 is 1.76 bits per heavy atom. The predicted molar refractivity (Wildman–Crippen MR) is 77.2 cm³/mol. The number of rotatable bonds is 6. The maximum Gasteiger partial charge on any atom is 0.326 e. The average Bonchev–Trinajstić information content (AvgIpc) is 2.22. The summed E-state index contributed by atoms with van der Waals surface area (Å²) in [5.41, 5.74) is 7.24. The number of ketones is 1. The van der Waals surface area contributed by atoms with Gasteiger partial charge in [0.05, 0.1) is 0 Å². The minimum atomic E-state index is -1.42. The monoisotopic (exact) mass is 302 g/mol. The number of piperidine rings is 1. The molecule has 0 aromatic carbocycles. The molecule has 0 radical (unpaired) electrons. The lowest BCUT2D eigenvalue weighted by molar-refractivity contribution is -0.152. The second kappa shape index (κ2) is 6.27. The summed E-state index contributed by atoms with van der Waals surface area (Å²) < 4.78 is 5.09. The van der Waals surface area contributed by atoms with E-state index in [-0.39, 0.29) is 30.2 Å². The lowest BCUT2D eigenvalue weighted by atomic mass is 9.71. The molecule has 122 valence electrons. The van der Waals surface area contributed by atoms with Crippen LogP contribution in [-0.4, -0.2) is 46.9 Å². The van der Waals surface area contributed by atoms with Crippen LogP contribution < -0.4 is 21.9 Å². The Morgan fingerprint density at radius 1 is 1.24 bits per heavy atom. The van der Waals surface area contributed by atoms with Gasteiger partial charge in [0.1, 0.15) is 18.9 Å². The molecule has 0 unspecified atom stereocenters. The number of nitrogens with one attached hydrogen (secondary N) is 3. The zero-order valence-corrected chi connectivity index (χ0v) is 13.1. The van der Waals surface area contributed by atoms with Gasteiger partial charge in [0.2, 0.25) is 0 Å². The van der Waals surface area contributed by atoms with Crippen LogP contribution in [0.5, 0.6) is 0 Å². The number of aliphatic hydroxyl groups is 1. The molecule has 0 aromatic heterocycles. The maximum absolute atomic E-state index is 12.2. The molecule has 0 saturated carbocycles.